The number of aliphatic hydroxyl groups excluding tert-OH is 1. The number of rotatable bonds is 11. The van der Waals surface area contributed by atoms with Crippen molar-refractivity contribution in [2.45, 2.75) is 43.9 Å². The number of carboxylic acid groups (broad SMARTS) is 2. The average molecular weight is 502 g/mol. The maximum Gasteiger partial charge on any atom is 0.317 e. The molecule has 3 rings (SSSR count). The number of aliphatic hydroxyl groups is 1. The van der Waals surface area contributed by atoms with Crippen molar-refractivity contribution in [3.05, 3.63) is 36.4 Å². The Morgan fingerprint density at radius 2 is 1.72 bits per heavy atom. The van der Waals surface area contributed by atoms with Crippen LogP contribution in [0.1, 0.15) is 25.7 Å². The van der Waals surface area contributed by atoms with Crippen LogP contribution in [0.15, 0.2) is 36.4 Å². The second-order valence-corrected chi connectivity index (χ2v) is 8.24. The fourth-order valence-corrected chi connectivity index (χ4v) is 3.87. The van der Waals surface area contributed by atoms with Crippen molar-refractivity contribution in [2.24, 2.45) is 0 Å². The lowest BCUT2D eigenvalue weighted by Crippen LogP contribution is -2.45. The minimum absolute atomic E-state index is 0.0691. The molecule has 1 aromatic rings. The van der Waals surface area contributed by atoms with Crippen molar-refractivity contribution in [1.29, 1.82) is 0 Å². The molecule has 2 aliphatic rings. The van der Waals surface area contributed by atoms with Crippen LogP contribution in [0.5, 0.6) is 11.5 Å². The van der Waals surface area contributed by atoms with Crippen LogP contribution >= 0.6 is 0 Å². The summed E-state index contributed by atoms with van der Waals surface area (Å²) in [7, 11) is 0. The number of urea groups is 1. The number of hydrogen-bond donors (Lipinski definition) is 3. The summed E-state index contributed by atoms with van der Waals surface area (Å²) in [5.74, 6) is 0.689. The molecule has 0 spiro atoms. The maximum absolute atomic E-state index is 11.8. The molecule has 1 saturated heterocycles. The van der Waals surface area contributed by atoms with Crippen LogP contribution in [0, 0.1) is 12.3 Å². The van der Waals surface area contributed by atoms with E-state index in [0.717, 1.165) is 38.8 Å². The summed E-state index contributed by atoms with van der Waals surface area (Å²) < 4.78 is 10.9. The molecule has 1 heterocycles. The van der Waals surface area contributed by atoms with Crippen molar-refractivity contribution < 1.29 is 39.2 Å². The van der Waals surface area contributed by atoms with Crippen LogP contribution in [0.4, 0.5) is 4.79 Å². The van der Waals surface area contributed by atoms with Crippen molar-refractivity contribution in [2.75, 3.05) is 32.8 Å². The van der Waals surface area contributed by atoms with Gasteiger partial charge in [0, 0.05) is 31.7 Å². The van der Waals surface area contributed by atoms with Gasteiger partial charge in [-0.3, -0.25) is 0 Å². The number of carbonyl (C=O) groups is 3. The van der Waals surface area contributed by atoms with Crippen molar-refractivity contribution in [1.82, 2.24) is 15.5 Å². The highest BCUT2D eigenvalue weighted by atomic mass is 16.5. The first-order valence-electron chi connectivity index (χ1n) is 11.6. The average Bonchev–Trinajstić information content (AvgIpc) is 3.30. The molecule has 2 amide bonds. The van der Waals surface area contributed by atoms with E-state index in [1.807, 2.05) is 4.90 Å². The molecule has 2 fully saturated rings. The summed E-state index contributed by atoms with van der Waals surface area (Å²) in [4.78, 5) is 32.6. The molecular formula is C25H31N3O8-2. The van der Waals surface area contributed by atoms with E-state index >= 15 is 0 Å². The Kier molecular flexibility index (Phi) is 12.1. The van der Waals surface area contributed by atoms with Crippen LogP contribution in [-0.4, -0.2) is 79.0 Å². The van der Waals surface area contributed by atoms with E-state index in [0.29, 0.717) is 42.3 Å². The Labute approximate surface area is 210 Å². The third-order valence-corrected chi connectivity index (χ3v) is 5.61. The lowest BCUT2D eigenvalue weighted by atomic mass is 9.90. The first kappa shape index (κ1) is 28.5. The van der Waals surface area contributed by atoms with Crippen molar-refractivity contribution >= 4 is 18.0 Å². The fourth-order valence-electron chi connectivity index (χ4n) is 3.87. The molecule has 11 heteroatoms. The summed E-state index contributed by atoms with van der Waals surface area (Å²) >= 11 is 0. The standard InChI is InChI=1S/C21H29N3O4.C4H4O4/c1-2-13-27-19-7-9-20(10-8-19)28-15-18(25)14-23-16-3-5-17(6-4-16)24-12-11-22-21(24)26;5-3(6)1-2-4(7)8/h1,7-10,16-18,23,25H,3-6,11-15H2,(H,22,26);1-2H,(H,5,6)(H,7,8)/p-2/b;2-1+. The van der Waals surface area contributed by atoms with Crippen LogP contribution in [-0.2, 0) is 9.59 Å². The molecule has 36 heavy (non-hydrogen) atoms. The van der Waals surface area contributed by atoms with Crippen LogP contribution in [0.3, 0.4) is 0 Å². The minimum Gasteiger partial charge on any atom is -0.545 e. The summed E-state index contributed by atoms with van der Waals surface area (Å²) in [6.45, 7) is 2.51. The molecule has 0 radical (unpaired) electrons. The number of carbonyl (C=O) groups excluding carboxylic acids is 3. The monoisotopic (exact) mass is 501 g/mol. The Morgan fingerprint density at radius 3 is 2.22 bits per heavy atom. The van der Waals surface area contributed by atoms with Crippen molar-refractivity contribution in [3.8, 4) is 23.8 Å². The van der Waals surface area contributed by atoms with Crippen LogP contribution in [0.25, 0.3) is 0 Å². The second kappa shape index (κ2) is 15.3. The molecule has 1 saturated carbocycles. The number of aliphatic carboxylic acids is 2. The maximum atomic E-state index is 11.8. The van der Waals surface area contributed by atoms with Gasteiger partial charge >= 0.3 is 6.03 Å². The molecule has 11 nitrogen and oxygen atoms in total. The molecule has 1 aliphatic heterocycles. The van der Waals surface area contributed by atoms with Gasteiger partial charge in [0.1, 0.15) is 30.8 Å². The van der Waals surface area contributed by atoms with E-state index in [2.05, 4.69) is 16.6 Å². The number of amides is 2. The molecule has 1 aromatic carbocycles. The highest BCUT2D eigenvalue weighted by molar-refractivity contribution is 5.87. The number of hydrogen-bond acceptors (Lipinski definition) is 9. The lowest BCUT2D eigenvalue weighted by Gasteiger charge is -2.34. The predicted molar refractivity (Wildman–Crippen MR) is 126 cm³/mol. The van der Waals surface area contributed by atoms with E-state index in [1.54, 1.807) is 24.3 Å². The Hall–Kier alpha value is -3.75. The van der Waals surface area contributed by atoms with Gasteiger partial charge in [0.25, 0.3) is 0 Å². The molecule has 0 aromatic heterocycles. The van der Waals surface area contributed by atoms with E-state index in [-0.39, 0.29) is 19.2 Å². The molecule has 1 atom stereocenters. The third-order valence-electron chi connectivity index (χ3n) is 5.61. The quantitative estimate of drug-likeness (QED) is 0.239. The van der Waals surface area contributed by atoms with E-state index in [9.17, 15) is 29.7 Å². The molecule has 1 unspecified atom stereocenters. The molecule has 0 bridgehead atoms. The number of ether oxygens (including phenoxy) is 2. The first-order chi connectivity index (χ1) is 17.3. The summed E-state index contributed by atoms with van der Waals surface area (Å²) in [5.41, 5.74) is 0. The van der Waals surface area contributed by atoms with Gasteiger partial charge in [0.2, 0.25) is 0 Å². The highest BCUT2D eigenvalue weighted by Crippen LogP contribution is 2.24. The van der Waals surface area contributed by atoms with Gasteiger partial charge in [-0.25, -0.2) is 4.79 Å². The SMILES string of the molecule is C#CCOc1ccc(OCC(O)CNC2CCC(N3CCNC3=O)CC2)cc1.O=C([O-])/C=C/C(=O)[O-]. The largest absolute Gasteiger partial charge is 0.545 e. The molecule has 3 N–H and O–H groups in total. The predicted octanol–water partition coefficient (Wildman–Crippen LogP) is -1.59. The van der Waals surface area contributed by atoms with Gasteiger partial charge in [-0.2, -0.15) is 0 Å². The van der Waals surface area contributed by atoms with Gasteiger partial charge in [-0.15, -0.1) is 6.42 Å². The normalized spacial score (nSPS) is 20.0. The highest BCUT2D eigenvalue weighted by Gasteiger charge is 2.31. The summed E-state index contributed by atoms with van der Waals surface area (Å²) in [6, 6.07) is 7.96. The van der Waals surface area contributed by atoms with Gasteiger partial charge in [-0.1, -0.05) is 5.92 Å². The first-order valence-corrected chi connectivity index (χ1v) is 11.6. The number of carboxylic acids is 2. The van der Waals surface area contributed by atoms with E-state index in [4.69, 9.17) is 15.9 Å². The summed E-state index contributed by atoms with van der Waals surface area (Å²) in [5, 5.41) is 35.3. The number of terminal acetylenes is 1. The van der Waals surface area contributed by atoms with Crippen LogP contribution < -0.4 is 30.3 Å². The zero-order chi connectivity index (χ0) is 26.3. The van der Waals surface area contributed by atoms with Gasteiger partial charge < -0.3 is 49.9 Å². The smallest absolute Gasteiger partial charge is 0.317 e. The molecule has 1 aliphatic carbocycles. The Balaban J connectivity index is 0.000000493. The molecular weight excluding hydrogens is 470 g/mol. The van der Waals surface area contributed by atoms with Gasteiger partial charge in [0.05, 0.1) is 11.9 Å². The third kappa shape index (κ3) is 10.7. The Bertz CT molecular complexity index is 904. The van der Waals surface area contributed by atoms with Gasteiger partial charge in [-0.05, 0) is 62.1 Å². The summed E-state index contributed by atoms with van der Waals surface area (Å²) in [6.07, 6.45) is 9.38. The van der Waals surface area contributed by atoms with Crippen molar-refractivity contribution in [3.63, 3.8) is 0 Å². The van der Waals surface area contributed by atoms with Gasteiger partial charge in [0.15, 0.2) is 0 Å². The van der Waals surface area contributed by atoms with E-state index in [1.165, 1.54) is 0 Å². The molecule has 196 valence electrons. The number of nitrogens with zero attached hydrogens (tertiary/aromatic N) is 1. The zero-order valence-electron chi connectivity index (χ0n) is 19.9. The van der Waals surface area contributed by atoms with E-state index < -0.39 is 18.0 Å². The second-order valence-electron chi connectivity index (χ2n) is 8.24. The topological polar surface area (TPSA) is 163 Å². The lowest BCUT2D eigenvalue weighted by molar-refractivity contribution is -0.301. The fraction of sp³-hybridized carbons (Fsp3) is 0.480. The zero-order valence-corrected chi connectivity index (χ0v) is 19.9. The minimum atomic E-state index is -1.55. The van der Waals surface area contributed by atoms with Crippen LogP contribution in [0.2, 0.25) is 0 Å². The Morgan fingerprint density at radius 1 is 1.14 bits per heavy atom. The number of benzene rings is 1. The number of nitrogens with one attached hydrogen (secondary N) is 2.